The predicted molar refractivity (Wildman–Crippen MR) is 50.4 cm³/mol. The molecular weight excluding hydrogens is 176 g/mol. The van der Waals surface area contributed by atoms with Gasteiger partial charge in [0.2, 0.25) is 10.0 Å². The minimum atomic E-state index is -3.28. The molecular formula is C7H18N2O2S. The molecule has 0 spiro atoms. The van der Waals surface area contributed by atoms with Gasteiger partial charge in [-0.3, -0.25) is 0 Å². The minimum absolute atomic E-state index is 0.0269. The summed E-state index contributed by atoms with van der Waals surface area (Å²) in [6.07, 6.45) is 3.46. The number of nitrogens with one attached hydrogen (secondary N) is 1. The Morgan fingerprint density at radius 2 is 1.92 bits per heavy atom. The van der Waals surface area contributed by atoms with E-state index in [4.69, 9.17) is 5.14 Å². The van der Waals surface area contributed by atoms with Crippen LogP contribution < -0.4 is 10.5 Å². The first-order valence-corrected chi connectivity index (χ1v) is 5.99. The number of sulfonamides is 1. The highest BCUT2D eigenvalue weighted by Crippen LogP contribution is 1.90. The van der Waals surface area contributed by atoms with Gasteiger partial charge in [0.05, 0.1) is 5.75 Å². The first kappa shape index (κ1) is 11.9. The lowest BCUT2D eigenvalue weighted by atomic mass is 10.2. The van der Waals surface area contributed by atoms with Gasteiger partial charge in [-0.2, -0.15) is 0 Å². The molecule has 4 nitrogen and oxygen atoms in total. The van der Waals surface area contributed by atoms with Crippen molar-refractivity contribution in [2.75, 3.05) is 18.8 Å². The molecule has 74 valence electrons. The van der Waals surface area contributed by atoms with E-state index in [9.17, 15) is 8.42 Å². The molecule has 0 unspecified atom stereocenters. The van der Waals surface area contributed by atoms with Gasteiger partial charge < -0.3 is 5.32 Å². The first-order valence-electron chi connectivity index (χ1n) is 4.27. The Balaban J connectivity index is 3.12. The molecule has 0 aromatic heterocycles. The smallest absolute Gasteiger partial charge is 0.210 e. The second kappa shape index (κ2) is 6.39. The lowest BCUT2D eigenvalue weighted by molar-refractivity contribution is 0.587. The topological polar surface area (TPSA) is 72.2 Å². The average molecular weight is 194 g/mol. The molecule has 0 rings (SSSR count). The standard InChI is InChI=1S/C7H18N2O2S/c1-2-3-4-5-9-6-7-12(8,10)11/h9H,2-7H2,1H3,(H2,8,10,11). The van der Waals surface area contributed by atoms with Crippen molar-refractivity contribution < 1.29 is 8.42 Å². The molecule has 0 aromatic rings. The Hall–Kier alpha value is -0.130. The van der Waals surface area contributed by atoms with E-state index in [2.05, 4.69) is 12.2 Å². The van der Waals surface area contributed by atoms with Gasteiger partial charge in [0, 0.05) is 6.54 Å². The summed E-state index contributed by atoms with van der Waals surface area (Å²) in [4.78, 5) is 0. The summed E-state index contributed by atoms with van der Waals surface area (Å²) in [5.74, 6) is 0.0269. The summed E-state index contributed by atoms with van der Waals surface area (Å²) in [5, 5.41) is 7.83. The van der Waals surface area contributed by atoms with Gasteiger partial charge in [-0.05, 0) is 13.0 Å². The van der Waals surface area contributed by atoms with Gasteiger partial charge in [-0.25, -0.2) is 13.6 Å². The van der Waals surface area contributed by atoms with Crippen molar-refractivity contribution in [3.63, 3.8) is 0 Å². The molecule has 0 heterocycles. The highest BCUT2D eigenvalue weighted by Gasteiger charge is 1.99. The maximum atomic E-state index is 10.5. The van der Waals surface area contributed by atoms with Crippen LogP contribution in [0.25, 0.3) is 0 Å². The molecule has 0 fully saturated rings. The molecule has 0 amide bonds. The fourth-order valence-corrected chi connectivity index (χ4v) is 1.27. The number of rotatable bonds is 7. The third-order valence-electron chi connectivity index (χ3n) is 1.52. The second-order valence-corrected chi connectivity index (χ2v) is 4.56. The summed E-state index contributed by atoms with van der Waals surface area (Å²) >= 11 is 0. The van der Waals surface area contributed by atoms with Gasteiger partial charge >= 0.3 is 0 Å². The summed E-state index contributed by atoms with van der Waals surface area (Å²) in [7, 11) is -3.28. The summed E-state index contributed by atoms with van der Waals surface area (Å²) in [6.45, 7) is 3.47. The van der Waals surface area contributed by atoms with Gasteiger partial charge in [0.25, 0.3) is 0 Å². The fourth-order valence-electron chi connectivity index (χ4n) is 0.839. The van der Waals surface area contributed by atoms with E-state index in [-0.39, 0.29) is 5.75 Å². The Morgan fingerprint density at radius 3 is 2.42 bits per heavy atom. The van der Waals surface area contributed by atoms with Gasteiger partial charge in [-0.15, -0.1) is 0 Å². The quantitative estimate of drug-likeness (QED) is 0.563. The second-order valence-electron chi connectivity index (χ2n) is 2.82. The lowest BCUT2D eigenvalue weighted by Crippen LogP contribution is -2.27. The van der Waals surface area contributed by atoms with Crippen LogP contribution in [0.5, 0.6) is 0 Å². The zero-order valence-corrected chi connectivity index (χ0v) is 8.36. The van der Waals surface area contributed by atoms with E-state index >= 15 is 0 Å². The van der Waals surface area contributed by atoms with Crippen molar-refractivity contribution in [2.24, 2.45) is 5.14 Å². The Kier molecular flexibility index (Phi) is 6.32. The van der Waals surface area contributed by atoms with Crippen LogP contribution in [0.1, 0.15) is 26.2 Å². The number of hydrogen-bond donors (Lipinski definition) is 2. The largest absolute Gasteiger partial charge is 0.316 e. The van der Waals surface area contributed by atoms with E-state index < -0.39 is 10.0 Å². The number of unbranched alkanes of at least 4 members (excludes halogenated alkanes) is 2. The zero-order valence-electron chi connectivity index (χ0n) is 7.54. The van der Waals surface area contributed by atoms with Crippen molar-refractivity contribution in [1.82, 2.24) is 5.32 Å². The van der Waals surface area contributed by atoms with E-state index in [0.29, 0.717) is 6.54 Å². The van der Waals surface area contributed by atoms with Crippen LogP contribution in [-0.4, -0.2) is 27.3 Å². The van der Waals surface area contributed by atoms with Crippen molar-refractivity contribution in [3.8, 4) is 0 Å². The van der Waals surface area contributed by atoms with Crippen LogP contribution in [-0.2, 0) is 10.0 Å². The van der Waals surface area contributed by atoms with Gasteiger partial charge in [0.1, 0.15) is 0 Å². The third-order valence-corrected chi connectivity index (χ3v) is 2.29. The minimum Gasteiger partial charge on any atom is -0.316 e. The summed E-state index contributed by atoms with van der Waals surface area (Å²) < 4.78 is 20.9. The van der Waals surface area contributed by atoms with E-state index in [1.54, 1.807) is 0 Å². The molecule has 0 saturated heterocycles. The number of hydrogen-bond acceptors (Lipinski definition) is 3. The maximum absolute atomic E-state index is 10.5. The van der Waals surface area contributed by atoms with Crippen LogP contribution in [0, 0.1) is 0 Å². The summed E-state index contributed by atoms with van der Waals surface area (Å²) in [5.41, 5.74) is 0. The van der Waals surface area contributed by atoms with E-state index in [1.807, 2.05) is 0 Å². The van der Waals surface area contributed by atoms with Crippen molar-refractivity contribution >= 4 is 10.0 Å². The molecule has 12 heavy (non-hydrogen) atoms. The molecule has 0 aliphatic carbocycles. The van der Waals surface area contributed by atoms with Crippen LogP contribution >= 0.6 is 0 Å². The van der Waals surface area contributed by atoms with Gasteiger partial charge in [-0.1, -0.05) is 19.8 Å². The molecule has 0 atom stereocenters. The van der Waals surface area contributed by atoms with Crippen molar-refractivity contribution in [3.05, 3.63) is 0 Å². The first-order chi connectivity index (χ1) is 5.56. The van der Waals surface area contributed by atoms with Crippen molar-refractivity contribution in [2.45, 2.75) is 26.2 Å². The highest BCUT2D eigenvalue weighted by atomic mass is 32.2. The normalized spacial score (nSPS) is 11.8. The SMILES string of the molecule is CCCCCNCCS(N)(=O)=O. The Labute approximate surface area is 74.6 Å². The van der Waals surface area contributed by atoms with E-state index in [0.717, 1.165) is 13.0 Å². The molecule has 0 aliphatic rings. The average Bonchev–Trinajstić information content (AvgIpc) is 1.94. The molecule has 3 N–H and O–H groups in total. The molecule has 0 saturated carbocycles. The third kappa shape index (κ3) is 9.87. The molecule has 0 aromatic carbocycles. The number of nitrogens with two attached hydrogens (primary N) is 1. The molecule has 0 bridgehead atoms. The monoisotopic (exact) mass is 194 g/mol. The highest BCUT2D eigenvalue weighted by molar-refractivity contribution is 7.89. The fraction of sp³-hybridized carbons (Fsp3) is 1.00. The van der Waals surface area contributed by atoms with Crippen molar-refractivity contribution in [1.29, 1.82) is 0 Å². The van der Waals surface area contributed by atoms with Crippen LogP contribution in [0.15, 0.2) is 0 Å². The Bertz CT molecular complexity index is 190. The lowest BCUT2D eigenvalue weighted by Gasteiger charge is -2.01. The summed E-state index contributed by atoms with van der Waals surface area (Å²) in [6, 6.07) is 0. The maximum Gasteiger partial charge on any atom is 0.210 e. The Morgan fingerprint density at radius 1 is 1.25 bits per heavy atom. The van der Waals surface area contributed by atoms with Crippen LogP contribution in [0.4, 0.5) is 0 Å². The number of primary sulfonamides is 1. The molecule has 5 heteroatoms. The molecule has 0 aliphatic heterocycles. The zero-order chi connectivity index (χ0) is 9.45. The molecule has 0 radical (unpaired) electrons. The van der Waals surface area contributed by atoms with Crippen LogP contribution in [0.2, 0.25) is 0 Å². The van der Waals surface area contributed by atoms with E-state index in [1.165, 1.54) is 12.8 Å². The predicted octanol–water partition coefficient (Wildman–Crippen LogP) is 0.0547. The van der Waals surface area contributed by atoms with Crippen LogP contribution in [0.3, 0.4) is 0 Å². The van der Waals surface area contributed by atoms with Gasteiger partial charge in [0.15, 0.2) is 0 Å².